The number of hydrogen-bond donors (Lipinski definition) is 0. The summed E-state index contributed by atoms with van der Waals surface area (Å²) in [6, 6.07) is 70.7. The molecule has 2 aliphatic rings. The summed E-state index contributed by atoms with van der Waals surface area (Å²) in [5.41, 5.74) is 21.1. The summed E-state index contributed by atoms with van der Waals surface area (Å²) in [4.78, 5) is 2.48. The molecular weight excluding hydrogens is 701 g/mol. The minimum Gasteiger partial charge on any atom is -0.344 e. The average molecular weight is 741 g/mol. The second-order valence-electron chi connectivity index (χ2n) is 16.3. The van der Waals surface area contributed by atoms with E-state index in [2.05, 4.69) is 218 Å². The number of aryl methyl sites for hydroxylation is 3. The van der Waals surface area contributed by atoms with Gasteiger partial charge >= 0.3 is 0 Å². The van der Waals surface area contributed by atoms with Crippen LogP contribution in [0.25, 0.3) is 66.0 Å². The summed E-state index contributed by atoms with van der Waals surface area (Å²) in [5, 5.41) is 5.09. The molecule has 9 aromatic carbocycles. The molecule has 0 saturated heterocycles. The van der Waals surface area contributed by atoms with Gasteiger partial charge in [-0.05, 0) is 129 Å². The van der Waals surface area contributed by atoms with Crippen molar-refractivity contribution in [2.45, 2.75) is 19.3 Å². The third kappa shape index (κ3) is 4.38. The van der Waals surface area contributed by atoms with Crippen molar-refractivity contribution in [1.29, 1.82) is 0 Å². The first kappa shape index (κ1) is 33.0. The number of nitrogens with zero attached hydrogens (tertiary/aromatic N) is 2. The van der Waals surface area contributed by atoms with Gasteiger partial charge < -0.3 is 9.47 Å². The highest BCUT2D eigenvalue weighted by Crippen LogP contribution is 2.65. The van der Waals surface area contributed by atoms with Gasteiger partial charge in [-0.25, -0.2) is 0 Å². The summed E-state index contributed by atoms with van der Waals surface area (Å²) < 4.78 is 2.33. The fraction of sp³-hybridized carbons (Fsp3) is 0.0714. The number of hydrogen-bond acceptors (Lipinski definition) is 1. The molecule has 0 atom stereocenters. The van der Waals surface area contributed by atoms with Crippen molar-refractivity contribution in [1.82, 2.24) is 4.57 Å². The molecular formula is C56H40N2. The largest absolute Gasteiger partial charge is 0.344 e. The van der Waals surface area contributed by atoms with E-state index in [0.717, 1.165) is 11.4 Å². The number of rotatable bonds is 4. The van der Waals surface area contributed by atoms with Crippen molar-refractivity contribution in [2.24, 2.45) is 7.05 Å². The lowest BCUT2D eigenvalue weighted by Crippen LogP contribution is -2.26. The van der Waals surface area contributed by atoms with Crippen LogP contribution in [0.1, 0.15) is 33.4 Å². The predicted octanol–water partition coefficient (Wildman–Crippen LogP) is 14.6. The first-order chi connectivity index (χ1) is 28.5. The van der Waals surface area contributed by atoms with Gasteiger partial charge in [-0.1, -0.05) is 151 Å². The fourth-order valence-electron chi connectivity index (χ4n) is 10.9. The van der Waals surface area contributed by atoms with Crippen molar-refractivity contribution < 1.29 is 0 Å². The highest BCUT2D eigenvalue weighted by Gasteiger charge is 2.52. The van der Waals surface area contributed by atoms with Crippen LogP contribution in [-0.2, 0) is 12.5 Å². The van der Waals surface area contributed by atoms with E-state index in [0.29, 0.717) is 0 Å². The van der Waals surface area contributed by atoms with Crippen LogP contribution >= 0.6 is 0 Å². The van der Waals surface area contributed by atoms with Gasteiger partial charge in [0.05, 0.1) is 16.6 Å². The smallest absolute Gasteiger partial charge is 0.0726 e. The van der Waals surface area contributed by atoms with Crippen LogP contribution in [0, 0.1) is 13.8 Å². The molecule has 1 heterocycles. The van der Waals surface area contributed by atoms with Gasteiger partial charge in [-0.2, -0.15) is 0 Å². The number of para-hydroxylation sites is 2. The maximum absolute atomic E-state index is 2.55. The third-order valence-corrected chi connectivity index (χ3v) is 13.0. The van der Waals surface area contributed by atoms with E-state index in [-0.39, 0.29) is 0 Å². The molecule has 0 aliphatic heterocycles. The first-order valence-electron chi connectivity index (χ1n) is 20.3. The van der Waals surface area contributed by atoms with Crippen molar-refractivity contribution in [2.75, 3.05) is 4.90 Å². The minimum atomic E-state index is -0.528. The summed E-state index contributed by atoms with van der Waals surface area (Å²) >= 11 is 0. The lowest BCUT2D eigenvalue weighted by Gasteiger charge is -2.32. The van der Waals surface area contributed by atoms with Gasteiger partial charge in [0.25, 0.3) is 0 Å². The van der Waals surface area contributed by atoms with Crippen molar-refractivity contribution in [3.05, 3.63) is 221 Å². The zero-order chi connectivity index (χ0) is 38.7. The number of fused-ring (bicyclic) bond motifs is 15. The van der Waals surface area contributed by atoms with E-state index in [1.54, 1.807) is 0 Å². The zero-order valence-corrected chi connectivity index (χ0v) is 32.8. The molecule has 274 valence electrons. The highest BCUT2D eigenvalue weighted by molar-refractivity contribution is 6.16. The van der Waals surface area contributed by atoms with Crippen LogP contribution in [0.3, 0.4) is 0 Å². The maximum Gasteiger partial charge on any atom is 0.0726 e. The van der Waals surface area contributed by atoms with Crippen molar-refractivity contribution >= 4 is 49.6 Å². The number of benzene rings is 9. The molecule has 0 bridgehead atoms. The fourth-order valence-corrected chi connectivity index (χ4v) is 10.9. The molecule has 10 aromatic rings. The molecule has 0 amide bonds. The second kappa shape index (κ2) is 12.2. The Hall–Kier alpha value is -7.16. The third-order valence-electron chi connectivity index (χ3n) is 13.0. The maximum atomic E-state index is 2.55. The van der Waals surface area contributed by atoms with Gasteiger partial charge in [0.1, 0.15) is 0 Å². The molecule has 12 rings (SSSR count). The zero-order valence-electron chi connectivity index (χ0n) is 32.8. The lowest BCUT2D eigenvalue weighted by molar-refractivity contribution is 0.794. The van der Waals surface area contributed by atoms with Crippen LogP contribution in [-0.4, -0.2) is 4.57 Å². The van der Waals surface area contributed by atoms with E-state index in [4.69, 9.17) is 0 Å². The Labute approximate surface area is 338 Å². The van der Waals surface area contributed by atoms with Crippen molar-refractivity contribution in [3.63, 3.8) is 0 Å². The molecule has 58 heavy (non-hydrogen) atoms. The van der Waals surface area contributed by atoms with Crippen LogP contribution in [0.2, 0.25) is 0 Å². The van der Waals surface area contributed by atoms with E-state index < -0.39 is 5.41 Å². The molecule has 2 aliphatic carbocycles. The molecule has 0 unspecified atom stereocenters. The molecule has 0 N–H and O–H groups in total. The molecule has 1 spiro atoms. The van der Waals surface area contributed by atoms with E-state index >= 15 is 0 Å². The molecule has 1 aromatic heterocycles. The standard InChI is InChI=1S/C56H40N2/c1-35-30-36(2)32-37(31-35)46-34-50-54(43-21-8-7-18-40(43)46)44-29-28-39(33-49(44)56(50)47-23-12-9-19-41(47)42-20-10-13-24-48(42)56)58(38-16-5-4-6-17-38)53-27-15-26-52-55(53)45-22-11-14-25-51(45)57(52)3/h4-34H,1-3H3. The average Bonchev–Trinajstić information content (AvgIpc) is 3.85. The Balaban J connectivity index is 1.21. The Kier molecular flexibility index (Phi) is 6.93. The summed E-state index contributed by atoms with van der Waals surface area (Å²) in [5.74, 6) is 0. The van der Waals surface area contributed by atoms with Crippen LogP contribution < -0.4 is 4.90 Å². The van der Waals surface area contributed by atoms with Crippen LogP contribution in [0.5, 0.6) is 0 Å². The summed E-state index contributed by atoms with van der Waals surface area (Å²) in [7, 11) is 2.18. The molecule has 0 fully saturated rings. The summed E-state index contributed by atoms with van der Waals surface area (Å²) in [6.45, 7) is 4.43. The Bertz CT molecular complexity index is 3260. The van der Waals surface area contributed by atoms with Crippen LogP contribution in [0.4, 0.5) is 17.1 Å². The first-order valence-corrected chi connectivity index (χ1v) is 20.3. The molecule has 0 radical (unpaired) electrons. The topological polar surface area (TPSA) is 8.17 Å². The van der Waals surface area contributed by atoms with Gasteiger partial charge in [0.15, 0.2) is 0 Å². The lowest BCUT2D eigenvalue weighted by atomic mass is 9.70. The predicted molar refractivity (Wildman–Crippen MR) is 244 cm³/mol. The monoisotopic (exact) mass is 740 g/mol. The molecule has 2 heteroatoms. The summed E-state index contributed by atoms with van der Waals surface area (Å²) in [6.07, 6.45) is 0. The number of anilines is 3. The van der Waals surface area contributed by atoms with Crippen molar-refractivity contribution in [3.8, 4) is 33.4 Å². The second-order valence-corrected chi connectivity index (χ2v) is 16.3. The van der Waals surface area contributed by atoms with Crippen LogP contribution in [0.15, 0.2) is 188 Å². The van der Waals surface area contributed by atoms with Gasteiger partial charge in [0.2, 0.25) is 0 Å². The van der Waals surface area contributed by atoms with Gasteiger partial charge in [-0.15, -0.1) is 0 Å². The van der Waals surface area contributed by atoms with Gasteiger partial charge in [0, 0.05) is 34.7 Å². The number of aromatic nitrogens is 1. The quantitative estimate of drug-likeness (QED) is 0.174. The Morgan fingerprint density at radius 1 is 0.414 bits per heavy atom. The molecule has 0 saturated carbocycles. The Morgan fingerprint density at radius 3 is 1.78 bits per heavy atom. The highest BCUT2D eigenvalue weighted by atomic mass is 15.1. The van der Waals surface area contributed by atoms with Gasteiger partial charge in [-0.3, -0.25) is 0 Å². The van der Waals surface area contributed by atoms with E-state index in [1.807, 2.05) is 0 Å². The normalized spacial score (nSPS) is 13.2. The minimum absolute atomic E-state index is 0.528. The Morgan fingerprint density at radius 2 is 1.03 bits per heavy atom. The SMILES string of the molecule is Cc1cc(C)cc(-c2cc3c(c4ccccc24)-c2ccc(N(c4ccccc4)c4cccc5c4c4ccccc4n5C)cc2C32c3ccccc3-c3ccccc32)c1. The van der Waals surface area contributed by atoms with E-state index in [9.17, 15) is 0 Å². The van der Waals surface area contributed by atoms with E-state index in [1.165, 1.54) is 105 Å². The molecule has 2 nitrogen and oxygen atoms in total.